The number of benzene rings is 1. The van der Waals surface area contributed by atoms with Crippen molar-refractivity contribution in [3.8, 4) is 11.5 Å². The smallest absolute Gasteiger partial charge is 0.179 e. The first-order chi connectivity index (χ1) is 6.11. The van der Waals surface area contributed by atoms with E-state index in [-0.39, 0.29) is 18.1 Å². The monoisotopic (exact) mass is 202 g/mol. The third kappa shape index (κ3) is 1.71. The summed E-state index contributed by atoms with van der Waals surface area (Å²) in [6.07, 6.45) is 0. The van der Waals surface area contributed by atoms with Gasteiger partial charge in [0.2, 0.25) is 0 Å². The summed E-state index contributed by atoms with van der Waals surface area (Å²) in [4.78, 5) is 0. The first-order valence-electron chi connectivity index (χ1n) is 3.77. The van der Waals surface area contributed by atoms with Gasteiger partial charge in [-0.3, -0.25) is 0 Å². The number of hydrogen-bond acceptors (Lipinski definition) is 3. The summed E-state index contributed by atoms with van der Waals surface area (Å²) >= 11 is 5.80. The third-order valence-electron chi connectivity index (χ3n) is 1.90. The van der Waals surface area contributed by atoms with Crippen molar-refractivity contribution in [1.82, 2.24) is 0 Å². The van der Waals surface area contributed by atoms with E-state index in [4.69, 9.17) is 21.4 Å². The van der Waals surface area contributed by atoms with Crippen molar-refractivity contribution < 1.29 is 14.9 Å². The number of aliphatic hydroxyl groups is 1. The predicted molar refractivity (Wildman–Crippen MR) is 50.3 cm³/mol. The van der Waals surface area contributed by atoms with E-state index in [0.717, 1.165) is 5.56 Å². The quantitative estimate of drug-likeness (QED) is 0.770. The van der Waals surface area contributed by atoms with E-state index in [1.807, 2.05) is 0 Å². The maximum absolute atomic E-state index is 9.58. The molecule has 0 spiro atoms. The summed E-state index contributed by atoms with van der Waals surface area (Å²) in [5.74, 6) is 0.117. The summed E-state index contributed by atoms with van der Waals surface area (Å²) in [6.45, 7) is 1.53. The van der Waals surface area contributed by atoms with Crippen molar-refractivity contribution in [3.63, 3.8) is 0 Å². The van der Waals surface area contributed by atoms with Gasteiger partial charge in [-0.05, 0) is 18.6 Å². The highest BCUT2D eigenvalue weighted by atomic mass is 35.5. The molecule has 4 heteroatoms. The number of aryl methyl sites for hydroxylation is 1. The maximum Gasteiger partial charge on any atom is 0.179 e. The molecule has 3 nitrogen and oxygen atoms in total. The lowest BCUT2D eigenvalue weighted by atomic mass is 10.1. The average molecular weight is 203 g/mol. The molecule has 0 unspecified atom stereocenters. The topological polar surface area (TPSA) is 49.7 Å². The molecule has 0 aliphatic carbocycles. The Labute approximate surface area is 81.5 Å². The van der Waals surface area contributed by atoms with Crippen molar-refractivity contribution in [1.29, 1.82) is 0 Å². The number of methoxy groups -OCH3 is 1. The van der Waals surface area contributed by atoms with Gasteiger partial charge in [0, 0.05) is 5.56 Å². The van der Waals surface area contributed by atoms with E-state index in [1.165, 1.54) is 7.11 Å². The van der Waals surface area contributed by atoms with Crippen LogP contribution in [0.5, 0.6) is 11.5 Å². The van der Waals surface area contributed by atoms with Crippen molar-refractivity contribution in [2.45, 2.75) is 13.5 Å². The van der Waals surface area contributed by atoms with Gasteiger partial charge in [0.15, 0.2) is 11.5 Å². The third-order valence-corrected chi connectivity index (χ3v) is 2.18. The van der Waals surface area contributed by atoms with Crippen LogP contribution in [0, 0.1) is 6.92 Å². The number of halogens is 1. The number of rotatable bonds is 2. The van der Waals surface area contributed by atoms with Crippen molar-refractivity contribution in [3.05, 3.63) is 22.2 Å². The Morgan fingerprint density at radius 2 is 2.15 bits per heavy atom. The lowest BCUT2D eigenvalue weighted by Gasteiger charge is -2.11. The average Bonchev–Trinajstić information content (AvgIpc) is 2.04. The molecule has 0 bridgehead atoms. The molecule has 2 N–H and O–H groups in total. The molecular formula is C9H11ClO3. The van der Waals surface area contributed by atoms with Crippen molar-refractivity contribution in [2.24, 2.45) is 0 Å². The fourth-order valence-corrected chi connectivity index (χ4v) is 1.50. The highest BCUT2D eigenvalue weighted by molar-refractivity contribution is 6.32. The summed E-state index contributed by atoms with van der Waals surface area (Å²) in [6, 6.07) is 1.64. The molecule has 72 valence electrons. The number of phenols is 1. The van der Waals surface area contributed by atoms with Gasteiger partial charge >= 0.3 is 0 Å². The Morgan fingerprint density at radius 3 is 2.62 bits per heavy atom. The zero-order valence-electron chi connectivity index (χ0n) is 7.47. The van der Waals surface area contributed by atoms with Gasteiger partial charge in [-0.1, -0.05) is 11.6 Å². The normalized spacial score (nSPS) is 10.2. The molecule has 0 radical (unpaired) electrons. The number of ether oxygens (including phenoxy) is 1. The predicted octanol–water partition coefficient (Wildman–Crippen LogP) is 1.85. The Balaban J connectivity index is 3.39. The van der Waals surface area contributed by atoms with Crippen LogP contribution in [-0.2, 0) is 6.61 Å². The van der Waals surface area contributed by atoms with Crippen LogP contribution in [0.15, 0.2) is 6.07 Å². The van der Waals surface area contributed by atoms with Gasteiger partial charge in [-0.2, -0.15) is 0 Å². The molecule has 0 saturated carbocycles. The molecule has 0 aliphatic rings. The van der Waals surface area contributed by atoms with E-state index in [1.54, 1.807) is 13.0 Å². The Morgan fingerprint density at radius 1 is 1.54 bits per heavy atom. The zero-order chi connectivity index (χ0) is 10.0. The molecule has 0 heterocycles. The van der Waals surface area contributed by atoms with Crippen molar-refractivity contribution in [2.75, 3.05) is 7.11 Å². The molecule has 1 rings (SSSR count). The Kier molecular flexibility index (Phi) is 3.01. The van der Waals surface area contributed by atoms with Crippen LogP contribution < -0.4 is 4.74 Å². The van der Waals surface area contributed by atoms with E-state index >= 15 is 0 Å². The number of hydrogen-bond donors (Lipinski definition) is 2. The second-order valence-electron chi connectivity index (χ2n) is 2.69. The highest BCUT2D eigenvalue weighted by Crippen LogP contribution is 2.38. The Bertz CT molecular complexity index is 295. The van der Waals surface area contributed by atoms with E-state index in [9.17, 15) is 5.11 Å². The largest absolute Gasteiger partial charge is 0.504 e. The summed E-state index contributed by atoms with van der Waals surface area (Å²) in [7, 11) is 1.41. The van der Waals surface area contributed by atoms with Crippen molar-refractivity contribution >= 4 is 11.6 Å². The molecule has 0 amide bonds. The van der Waals surface area contributed by atoms with E-state index in [0.29, 0.717) is 10.6 Å². The van der Waals surface area contributed by atoms with Crippen LogP contribution in [0.1, 0.15) is 11.1 Å². The standard InChI is InChI=1S/C9H11ClO3/c1-5-3-7(10)9(13-2)8(12)6(5)4-11/h3,11-12H,4H2,1-2H3. The fraction of sp³-hybridized carbons (Fsp3) is 0.333. The number of aromatic hydroxyl groups is 1. The summed E-state index contributed by atoms with van der Waals surface area (Å²) < 4.78 is 4.88. The minimum Gasteiger partial charge on any atom is -0.504 e. The molecule has 0 aliphatic heterocycles. The van der Waals surface area contributed by atoms with Gasteiger partial charge in [-0.25, -0.2) is 0 Å². The van der Waals surface area contributed by atoms with E-state index in [2.05, 4.69) is 0 Å². The van der Waals surface area contributed by atoms with Gasteiger partial charge in [0.1, 0.15) is 0 Å². The maximum atomic E-state index is 9.58. The van der Waals surface area contributed by atoms with Crippen LogP contribution in [0.4, 0.5) is 0 Å². The molecule has 0 aromatic heterocycles. The molecular weight excluding hydrogens is 192 g/mol. The van der Waals surface area contributed by atoms with Gasteiger partial charge < -0.3 is 14.9 Å². The molecule has 1 aromatic carbocycles. The highest BCUT2D eigenvalue weighted by Gasteiger charge is 2.14. The SMILES string of the molecule is COc1c(Cl)cc(C)c(CO)c1O. The Hall–Kier alpha value is -0.930. The molecule has 0 atom stereocenters. The second-order valence-corrected chi connectivity index (χ2v) is 3.10. The molecule has 0 fully saturated rings. The molecule has 13 heavy (non-hydrogen) atoms. The minimum atomic E-state index is -0.231. The van der Waals surface area contributed by atoms with Crippen LogP contribution in [0.25, 0.3) is 0 Å². The van der Waals surface area contributed by atoms with E-state index < -0.39 is 0 Å². The van der Waals surface area contributed by atoms with Gasteiger partial charge in [0.25, 0.3) is 0 Å². The lowest BCUT2D eigenvalue weighted by Crippen LogP contribution is -1.94. The minimum absolute atomic E-state index is 0.0880. The summed E-state index contributed by atoms with van der Waals surface area (Å²) in [5.41, 5.74) is 1.19. The van der Waals surface area contributed by atoms with Gasteiger partial charge in [0.05, 0.1) is 18.7 Å². The fourth-order valence-electron chi connectivity index (χ4n) is 1.17. The first kappa shape index (κ1) is 10.2. The molecule has 0 saturated heterocycles. The lowest BCUT2D eigenvalue weighted by molar-refractivity contribution is 0.271. The van der Waals surface area contributed by atoms with Crippen LogP contribution >= 0.6 is 11.6 Å². The molecule has 1 aromatic rings. The zero-order valence-corrected chi connectivity index (χ0v) is 8.22. The van der Waals surface area contributed by atoms with Crippen LogP contribution in [0.3, 0.4) is 0 Å². The second kappa shape index (κ2) is 3.85. The number of aliphatic hydroxyl groups excluding tert-OH is 1. The van der Waals surface area contributed by atoms with Crippen LogP contribution in [0.2, 0.25) is 5.02 Å². The summed E-state index contributed by atoms with van der Waals surface area (Å²) in [5, 5.41) is 18.9. The first-order valence-corrected chi connectivity index (χ1v) is 4.15. The van der Waals surface area contributed by atoms with Crippen LogP contribution in [-0.4, -0.2) is 17.3 Å². The van der Waals surface area contributed by atoms with Gasteiger partial charge in [-0.15, -0.1) is 0 Å².